The highest BCUT2D eigenvalue weighted by Crippen LogP contribution is 2.43. The van der Waals surface area contributed by atoms with Gasteiger partial charge < -0.3 is 18.9 Å². The first kappa shape index (κ1) is 60.0. The van der Waals surface area contributed by atoms with E-state index in [1.807, 2.05) is 21.1 Å². The Labute approximate surface area is 382 Å². The van der Waals surface area contributed by atoms with Crippen LogP contribution in [0.5, 0.6) is 0 Å². The van der Waals surface area contributed by atoms with Gasteiger partial charge in [-0.15, -0.1) is 0 Å². The number of hydrogen-bond donors (Lipinski definition) is 1. The van der Waals surface area contributed by atoms with Gasteiger partial charge >= 0.3 is 19.8 Å². The van der Waals surface area contributed by atoms with Gasteiger partial charge in [-0.1, -0.05) is 184 Å². The number of phosphoric ester groups is 1. The largest absolute Gasteiger partial charge is 0.472 e. The molecule has 1 N–H and O–H groups in total. The van der Waals surface area contributed by atoms with Crippen LogP contribution in [0.25, 0.3) is 0 Å². The summed E-state index contributed by atoms with van der Waals surface area (Å²) < 4.78 is 34.3. The van der Waals surface area contributed by atoms with Gasteiger partial charge in [-0.25, -0.2) is 4.57 Å². The Morgan fingerprint density at radius 2 is 0.903 bits per heavy atom. The molecule has 362 valence electrons. The number of phosphoric acid groups is 1. The predicted molar refractivity (Wildman–Crippen MR) is 261 cm³/mol. The van der Waals surface area contributed by atoms with Crippen molar-refractivity contribution in [1.82, 2.24) is 0 Å². The maximum atomic E-state index is 12.7. The van der Waals surface area contributed by atoms with Gasteiger partial charge in [-0.3, -0.25) is 18.6 Å². The van der Waals surface area contributed by atoms with E-state index in [2.05, 4.69) is 62.5 Å². The number of likely N-dealkylation sites (N-methyl/N-ethyl adjacent to an activating group) is 1. The summed E-state index contributed by atoms with van der Waals surface area (Å²) in [4.78, 5) is 35.5. The van der Waals surface area contributed by atoms with Crippen LogP contribution in [0.15, 0.2) is 48.6 Å². The van der Waals surface area contributed by atoms with Crippen LogP contribution in [0, 0.1) is 0 Å². The molecule has 0 saturated heterocycles. The number of rotatable bonds is 46. The van der Waals surface area contributed by atoms with Crippen LogP contribution in [0.2, 0.25) is 0 Å². The predicted octanol–water partition coefficient (Wildman–Crippen LogP) is 15.0. The third-order valence-electron chi connectivity index (χ3n) is 10.8. The van der Waals surface area contributed by atoms with Crippen molar-refractivity contribution in [3.63, 3.8) is 0 Å². The van der Waals surface area contributed by atoms with Gasteiger partial charge in [0, 0.05) is 12.8 Å². The van der Waals surface area contributed by atoms with Gasteiger partial charge in [0.1, 0.15) is 19.8 Å². The van der Waals surface area contributed by atoms with Crippen molar-refractivity contribution >= 4 is 19.8 Å². The SMILES string of the molecule is CCCCCC/C=C/C=C/CCCCCCCC(=O)O[C@@H](COC(=O)CCC/C=C/CC/C=C/CCCCCCCCCCCCCCCC)COP(=O)(O)OCC[N+](C)(C)C. The second-order valence-corrected chi connectivity index (χ2v) is 19.7. The summed E-state index contributed by atoms with van der Waals surface area (Å²) in [6, 6.07) is 0. The summed E-state index contributed by atoms with van der Waals surface area (Å²) in [5, 5.41) is 0. The highest BCUT2D eigenvalue weighted by atomic mass is 31.2. The van der Waals surface area contributed by atoms with E-state index in [0.29, 0.717) is 23.9 Å². The van der Waals surface area contributed by atoms with Crippen molar-refractivity contribution in [3.05, 3.63) is 48.6 Å². The van der Waals surface area contributed by atoms with Gasteiger partial charge in [0.15, 0.2) is 6.10 Å². The molecule has 0 spiro atoms. The monoisotopic (exact) mass is 895 g/mol. The lowest BCUT2D eigenvalue weighted by Crippen LogP contribution is -2.37. The van der Waals surface area contributed by atoms with E-state index in [4.69, 9.17) is 18.5 Å². The van der Waals surface area contributed by atoms with Crippen molar-refractivity contribution in [1.29, 1.82) is 0 Å². The molecule has 0 aliphatic heterocycles. The van der Waals surface area contributed by atoms with Crippen LogP contribution >= 0.6 is 7.82 Å². The first-order valence-electron chi connectivity index (χ1n) is 25.4. The lowest BCUT2D eigenvalue weighted by Gasteiger charge is -2.24. The maximum absolute atomic E-state index is 12.7. The van der Waals surface area contributed by atoms with E-state index < -0.39 is 32.5 Å². The quantitative estimate of drug-likeness (QED) is 0.0161. The van der Waals surface area contributed by atoms with Crippen LogP contribution in [0.3, 0.4) is 0 Å². The summed E-state index contributed by atoms with van der Waals surface area (Å²) in [6.45, 7) is 4.36. The van der Waals surface area contributed by atoms with Crippen LogP contribution in [-0.2, 0) is 32.7 Å². The molecule has 9 nitrogen and oxygen atoms in total. The molecule has 0 aromatic heterocycles. The fourth-order valence-corrected chi connectivity index (χ4v) is 7.59. The second kappa shape index (κ2) is 44.2. The zero-order valence-corrected chi connectivity index (χ0v) is 41.7. The van der Waals surface area contributed by atoms with E-state index in [1.54, 1.807) is 0 Å². The molecule has 10 heteroatoms. The molecule has 1 unspecified atom stereocenters. The Bertz CT molecular complexity index is 1190. The molecule has 0 aliphatic carbocycles. The van der Waals surface area contributed by atoms with Crippen LogP contribution in [0.1, 0.15) is 219 Å². The number of carbonyl (C=O) groups is 2. The Morgan fingerprint density at radius 1 is 0.500 bits per heavy atom. The molecule has 0 aliphatic rings. The molecule has 0 saturated carbocycles. The number of hydrogen-bond acceptors (Lipinski definition) is 7. The average Bonchev–Trinajstić information content (AvgIpc) is 3.23. The lowest BCUT2D eigenvalue weighted by molar-refractivity contribution is -0.870. The number of quaternary nitrogens is 1. The minimum Gasteiger partial charge on any atom is -0.462 e. The summed E-state index contributed by atoms with van der Waals surface area (Å²) in [6.07, 6.45) is 53.2. The topological polar surface area (TPSA) is 108 Å². The average molecular weight is 895 g/mol. The molecule has 0 rings (SSSR count). The number of unbranched alkanes of at least 4 members (excludes halogenated alkanes) is 25. The zero-order chi connectivity index (χ0) is 45.7. The van der Waals surface area contributed by atoms with Gasteiger partial charge in [0.05, 0.1) is 27.7 Å². The Hall–Kier alpha value is -2.03. The van der Waals surface area contributed by atoms with Gasteiger partial charge in [-0.05, 0) is 70.6 Å². The summed E-state index contributed by atoms with van der Waals surface area (Å²) in [5.41, 5.74) is 0. The molecule has 0 bridgehead atoms. The van der Waals surface area contributed by atoms with Crippen molar-refractivity contribution in [2.45, 2.75) is 225 Å². The molecular formula is C52H97NO8P+. The summed E-state index contributed by atoms with van der Waals surface area (Å²) in [5.74, 6) is -0.863. The van der Waals surface area contributed by atoms with Gasteiger partial charge in [0.2, 0.25) is 0 Å². The fraction of sp³-hybridized carbons (Fsp3) is 0.808. The molecule has 0 amide bonds. The van der Waals surface area contributed by atoms with Gasteiger partial charge in [-0.2, -0.15) is 0 Å². The Kier molecular flexibility index (Phi) is 42.7. The van der Waals surface area contributed by atoms with Crippen molar-refractivity contribution in [2.24, 2.45) is 0 Å². The summed E-state index contributed by atoms with van der Waals surface area (Å²) in [7, 11) is 1.45. The lowest BCUT2D eigenvalue weighted by atomic mass is 10.0. The minimum absolute atomic E-state index is 0.0218. The fourth-order valence-electron chi connectivity index (χ4n) is 6.85. The molecule has 0 radical (unpaired) electrons. The van der Waals surface area contributed by atoms with Crippen molar-refractivity contribution < 1.29 is 42.1 Å². The van der Waals surface area contributed by atoms with E-state index in [9.17, 15) is 19.0 Å². The Balaban J connectivity index is 4.30. The number of carbonyl (C=O) groups excluding carboxylic acids is 2. The maximum Gasteiger partial charge on any atom is 0.472 e. The van der Waals surface area contributed by atoms with E-state index in [0.717, 1.165) is 64.2 Å². The first-order chi connectivity index (χ1) is 30.0. The first-order valence-corrected chi connectivity index (χ1v) is 26.9. The molecule has 0 fully saturated rings. The number of nitrogens with zero attached hydrogens (tertiary/aromatic N) is 1. The normalized spacial score (nSPS) is 13.8. The summed E-state index contributed by atoms with van der Waals surface area (Å²) >= 11 is 0. The number of ether oxygens (including phenoxy) is 2. The van der Waals surface area contributed by atoms with E-state index >= 15 is 0 Å². The Morgan fingerprint density at radius 3 is 1.40 bits per heavy atom. The van der Waals surface area contributed by atoms with Crippen LogP contribution in [-0.4, -0.2) is 74.9 Å². The van der Waals surface area contributed by atoms with Crippen molar-refractivity contribution in [2.75, 3.05) is 47.5 Å². The molecule has 0 heterocycles. The third-order valence-corrected chi connectivity index (χ3v) is 11.8. The molecule has 0 aromatic rings. The van der Waals surface area contributed by atoms with Crippen LogP contribution in [0.4, 0.5) is 0 Å². The minimum atomic E-state index is -4.39. The second-order valence-electron chi connectivity index (χ2n) is 18.2. The number of esters is 2. The molecule has 62 heavy (non-hydrogen) atoms. The van der Waals surface area contributed by atoms with Crippen molar-refractivity contribution in [3.8, 4) is 0 Å². The van der Waals surface area contributed by atoms with E-state index in [1.165, 1.54) is 116 Å². The highest BCUT2D eigenvalue weighted by molar-refractivity contribution is 7.47. The molecule has 2 atom stereocenters. The zero-order valence-electron chi connectivity index (χ0n) is 40.9. The third kappa shape index (κ3) is 47.4. The smallest absolute Gasteiger partial charge is 0.462 e. The van der Waals surface area contributed by atoms with Crippen LogP contribution < -0.4 is 0 Å². The molecular weight excluding hydrogens is 798 g/mol. The van der Waals surface area contributed by atoms with E-state index in [-0.39, 0.29) is 26.1 Å². The number of allylic oxidation sites excluding steroid dienone is 8. The van der Waals surface area contributed by atoms with Gasteiger partial charge in [0.25, 0.3) is 0 Å². The molecule has 0 aromatic carbocycles. The highest BCUT2D eigenvalue weighted by Gasteiger charge is 2.27. The standard InChI is InChI=1S/C52H96NO8P/c1-6-8-10-12-14-16-18-20-22-23-24-25-26-27-28-29-31-32-34-36-38-40-42-44-51(54)58-48-50(49-60-62(56,57)59-47-46-53(3,4)5)61-52(55)45-43-41-39-37-35-33-30-21-19-17-15-13-11-9-7-2/h17,19,21,29-31,36,38,50H,6-16,18,20,22-28,32-35,37,39-49H2,1-5H3/p+1/b19-17+,30-21+,31-29+,38-36+/t50-/m0/s1.